The van der Waals surface area contributed by atoms with Crippen LogP contribution in [-0.2, 0) is 20.7 Å². The third-order valence-electron chi connectivity index (χ3n) is 4.51. The Kier molecular flexibility index (Phi) is 5.70. The Labute approximate surface area is 177 Å². The Morgan fingerprint density at radius 1 is 0.567 bits per heavy atom. The average molecular weight is 440 g/mol. The first-order valence-corrected chi connectivity index (χ1v) is 11.8. The number of rotatable bonds is 5. The first kappa shape index (κ1) is 20.3. The van der Waals surface area contributed by atoms with Crippen LogP contribution in [-0.4, -0.2) is 8.42 Å². The summed E-state index contributed by atoms with van der Waals surface area (Å²) < 4.78 is 53.9. The molecule has 0 saturated carbocycles. The monoisotopic (exact) mass is 439 g/mol. The van der Waals surface area contributed by atoms with Crippen LogP contribution in [0.5, 0.6) is 0 Å². The molecule has 0 aliphatic carbocycles. The summed E-state index contributed by atoms with van der Waals surface area (Å²) in [4.78, 5) is 2.41. The molecule has 4 aromatic rings. The van der Waals surface area contributed by atoms with E-state index in [4.69, 9.17) is 0 Å². The second kappa shape index (κ2) is 8.42. The molecule has 0 saturated heterocycles. The summed E-state index contributed by atoms with van der Waals surface area (Å²) in [5.74, 6) is -0.766. The van der Waals surface area contributed by atoms with E-state index in [1.165, 1.54) is 24.3 Å². The van der Waals surface area contributed by atoms with Gasteiger partial charge >= 0.3 is 0 Å². The van der Waals surface area contributed by atoms with E-state index >= 15 is 0 Å². The summed E-state index contributed by atoms with van der Waals surface area (Å²) in [6.07, 6.45) is 0. The van der Waals surface area contributed by atoms with Crippen LogP contribution in [0.2, 0.25) is 0 Å². The van der Waals surface area contributed by atoms with Crippen LogP contribution in [0.3, 0.4) is 0 Å². The maximum atomic E-state index is 13.6. The largest absolute Gasteiger partial charge is 0.218 e. The van der Waals surface area contributed by atoms with Gasteiger partial charge in [-0.1, -0.05) is 30.3 Å². The van der Waals surface area contributed by atoms with Crippen molar-refractivity contribution in [3.63, 3.8) is 0 Å². The molecule has 0 aromatic heterocycles. The van der Waals surface area contributed by atoms with Gasteiger partial charge in [0.05, 0.1) is 4.90 Å². The van der Waals surface area contributed by atoms with Crippen molar-refractivity contribution in [3.8, 4) is 0 Å². The molecule has 4 aromatic carbocycles. The molecule has 0 unspecified atom stereocenters. The van der Waals surface area contributed by atoms with Crippen molar-refractivity contribution in [1.29, 1.82) is 0 Å². The summed E-state index contributed by atoms with van der Waals surface area (Å²) in [6, 6.07) is 26.9. The Hall–Kier alpha value is -2.96. The Morgan fingerprint density at radius 2 is 1.03 bits per heavy atom. The van der Waals surface area contributed by atoms with Crippen molar-refractivity contribution in [2.75, 3.05) is 0 Å². The van der Waals surface area contributed by atoms with Crippen LogP contribution < -0.4 is 0 Å². The minimum atomic E-state index is -3.79. The van der Waals surface area contributed by atoms with Gasteiger partial charge in [0, 0.05) is 0 Å². The number of hydrogen-bond donors (Lipinski definition) is 0. The molecule has 0 spiro atoms. The standard InChI is InChI=1S/C24H17F2O2S2/c25-18-10-14-20(15-11-18)29(21-16-12-19(26)13-17-21)23-8-4-5-9-24(23)30(27,28)22-6-2-1-3-7-22/h1-17H/q+1. The molecule has 30 heavy (non-hydrogen) atoms. The molecule has 0 fully saturated rings. The van der Waals surface area contributed by atoms with E-state index in [9.17, 15) is 17.2 Å². The van der Waals surface area contributed by atoms with E-state index in [-0.39, 0.29) is 21.4 Å². The van der Waals surface area contributed by atoms with Gasteiger partial charge in [0.15, 0.2) is 14.7 Å². The van der Waals surface area contributed by atoms with Crippen molar-refractivity contribution in [1.82, 2.24) is 0 Å². The Balaban J connectivity index is 1.95. The summed E-state index contributed by atoms with van der Waals surface area (Å²) in [7, 11) is -4.66. The van der Waals surface area contributed by atoms with E-state index in [1.54, 1.807) is 78.9 Å². The lowest BCUT2D eigenvalue weighted by Gasteiger charge is -2.12. The van der Waals surface area contributed by atoms with Gasteiger partial charge < -0.3 is 0 Å². The topological polar surface area (TPSA) is 34.1 Å². The number of hydrogen-bond acceptors (Lipinski definition) is 2. The molecule has 0 heterocycles. The molecule has 0 aliphatic heterocycles. The maximum Gasteiger partial charge on any atom is 0.211 e. The zero-order valence-electron chi connectivity index (χ0n) is 15.7. The number of halogens is 2. The average Bonchev–Trinajstić information content (AvgIpc) is 2.77. The van der Waals surface area contributed by atoms with Gasteiger partial charge in [0.1, 0.15) is 27.4 Å². The van der Waals surface area contributed by atoms with Gasteiger partial charge in [-0.15, -0.1) is 0 Å². The zero-order chi connectivity index (χ0) is 21.1. The van der Waals surface area contributed by atoms with Gasteiger partial charge in [-0.2, -0.15) is 0 Å². The summed E-state index contributed by atoms with van der Waals surface area (Å²) >= 11 is 0. The molecule has 0 aliphatic rings. The minimum Gasteiger partial charge on any atom is -0.218 e. The van der Waals surface area contributed by atoms with Crippen LogP contribution in [0.25, 0.3) is 0 Å². The Bertz CT molecular complexity index is 1210. The predicted molar refractivity (Wildman–Crippen MR) is 113 cm³/mol. The molecule has 6 heteroatoms. The van der Waals surface area contributed by atoms with Gasteiger partial charge in [-0.25, -0.2) is 17.2 Å². The lowest BCUT2D eigenvalue weighted by Crippen LogP contribution is -2.12. The molecule has 0 amide bonds. The molecule has 0 bridgehead atoms. The van der Waals surface area contributed by atoms with E-state index in [1.807, 2.05) is 0 Å². The first-order chi connectivity index (χ1) is 14.5. The fraction of sp³-hybridized carbons (Fsp3) is 0. The highest BCUT2D eigenvalue weighted by molar-refractivity contribution is 7.98. The quantitative estimate of drug-likeness (QED) is 0.363. The van der Waals surface area contributed by atoms with E-state index < -0.39 is 20.7 Å². The second-order valence-electron chi connectivity index (χ2n) is 6.48. The minimum absolute atomic E-state index is 0.174. The molecule has 150 valence electrons. The van der Waals surface area contributed by atoms with Crippen molar-refractivity contribution in [3.05, 3.63) is 115 Å². The highest BCUT2D eigenvalue weighted by Gasteiger charge is 2.35. The molecular formula is C24H17F2O2S2+. The fourth-order valence-corrected chi connectivity index (χ4v) is 7.12. The fourth-order valence-electron chi connectivity index (χ4n) is 3.10. The Morgan fingerprint density at radius 3 is 1.57 bits per heavy atom. The van der Waals surface area contributed by atoms with Gasteiger partial charge in [0.25, 0.3) is 0 Å². The van der Waals surface area contributed by atoms with E-state index in [0.717, 1.165) is 9.79 Å². The number of sulfone groups is 1. The first-order valence-electron chi connectivity index (χ1n) is 9.11. The lowest BCUT2D eigenvalue weighted by atomic mass is 10.3. The van der Waals surface area contributed by atoms with Crippen LogP contribution >= 0.6 is 0 Å². The second-order valence-corrected chi connectivity index (χ2v) is 10.4. The SMILES string of the molecule is O=S(=O)(c1ccccc1)c1ccccc1[S+](c1ccc(F)cc1)c1ccc(F)cc1. The van der Waals surface area contributed by atoms with Crippen LogP contribution in [0.1, 0.15) is 0 Å². The maximum absolute atomic E-state index is 13.6. The van der Waals surface area contributed by atoms with Gasteiger partial charge in [-0.05, 0) is 72.8 Å². The third-order valence-corrected chi connectivity index (χ3v) is 8.75. The van der Waals surface area contributed by atoms with E-state index in [0.29, 0.717) is 4.90 Å². The van der Waals surface area contributed by atoms with E-state index in [2.05, 4.69) is 0 Å². The van der Waals surface area contributed by atoms with Crippen LogP contribution in [0.15, 0.2) is 128 Å². The van der Waals surface area contributed by atoms with Gasteiger partial charge in [0.2, 0.25) is 9.84 Å². The van der Waals surface area contributed by atoms with Gasteiger partial charge in [-0.3, -0.25) is 0 Å². The predicted octanol–water partition coefficient (Wildman–Crippen LogP) is 5.89. The smallest absolute Gasteiger partial charge is 0.211 e. The third kappa shape index (κ3) is 4.01. The van der Waals surface area contributed by atoms with Crippen molar-refractivity contribution >= 4 is 20.7 Å². The zero-order valence-corrected chi connectivity index (χ0v) is 17.3. The normalized spacial score (nSPS) is 11.6. The molecule has 2 nitrogen and oxygen atoms in total. The van der Waals surface area contributed by atoms with Crippen molar-refractivity contribution in [2.45, 2.75) is 24.5 Å². The molecule has 0 radical (unpaired) electrons. The summed E-state index contributed by atoms with van der Waals surface area (Å²) in [5, 5.41) is 0. The molecule has 4 rings (SSSR count). The molecule has 0 atom stereocenters. The van der Waals surface area contributed by atoms with Crippen LogP contribution in [0, 0.1) is 11.6 Å². The highest BCUT2D eigenvalue weighted by Crippen LogP contribution is 2.37. The highest BCUT2D eigenvalue weighted by atomic mass is 32.2. The molecule has 0 N–H and O–H groups in total. The van der Waals surface area contributed by atoms with Crippen molar-refractivity contribution < 1.29 is 17.2 Å². The number of benzene rings is 4. The van der Waals surface area contributed by atoms with Crippen LogP contribution in [0.4, 0.5) is 8.78 Å². The summed E-state index contributed by atoms with van der Waals surface area (Å²) in [5.41, 5.74) is 0. The molecular weight excluding hydrogens is 422 g/mol. The van der Waals surface area contributed by atoms with Crippen molar-refractivity contribution in [2.24, 2.45) is 0 Å². The summed E-state index contributed by atoms with van der Waals surface area (Å²) in [6.45, 7) is 0. The lowest BCUT2D eigenvalue weighted by molar-refractivity contribution is 0.594.